The highest BCUT2D eigenvalue weighted by atomic mass is 16.5. The van der Waals surface area contributed by atoms with Gasteiger partial charge in [-0.05, 0) is 12.8 Å². The van der Waals surface area contributed by atoms with Crippen molar-refractivity contribution in [2.24, 2.45) is 18.9 Å². The van der Waals surface area contributed by atoms with Gasteiger partial charge in [0.25, 0.3) is 0 Å². The number of hydrogen-bond donors (Lipinski definition) is 1. The van der Waals surface area contributed by atoms with E-state index in [1.54, 1.807) is 11.8 Å². The molecule has 1 saturated heterocycles. The Morgan fingerprint density at radius 3 is 2.74 bits per heavy atom. The highest BCUT2D eigenvalue weighted by molar-refractivity contribution is 5.71. The molecule has 2 atom stereocenters. The number of aliphatic carboxylic acids is 1. The molecule has 0 amide bonds. The topological polar surface area (TPSA) is 67.6 Å². The van der Waals surface area contributed by atoms with E-state index in [9.17, 15) is 4.79 Å². The molecule has 2 rings (SSSR count). The number of ether oxygens (including phenoxy) is 1. The molecule has 106 valence electrons. The van der Waals surface area contributed by atoms with E-state index >= 15 is 0 Å². The van der Waals surface area contributed by atoms with Crippen molar-refractivity contribution < 1.29 is 14.6 Å². The molecule has 0 unspecified atom stereocenters. The lowest BCUT2D eigenvalue weighted by molar-refractivity contribution is -0.142. The van der Waals surface area contributed by atoms with E-state index in [1.165, 1.54) is 0 Å². The number of carboxylic acids is 1. The predicted molar refractivity (Wildman–Crippen MR) is 70.1 cm³/mol. The van der Waals surface area contributed by atoms with Gasteiger partial charge < -0.3 is 9.84 Å². The average molecular weight is 267 g/mol. The van der Waals surface area contributed by atoms with Crippen molar-refractivity contribution in [3.05, 3.63) is 11.3 Å². The molecule has 0 saturated carbocycles. The van der Waals surface area contributed by atoms with Crippen LogP contribution in [0.4, 0.5) is 0 Å². The first kappa shape index (κ1) is 13.9. The van der Waals surface area contributed by atoms with E-state index in [2.05, 4.69) is 10.00 Å². The van der Waals surface area contributed by atoms with Crippen LogP contribution in [-0.2, 0) is 18.4 Å². The van der Waals surface area contributed by atoms with Gasteiger partial charge in [-0.15, -0.1) is 0 Å². The molecule has 6 heteroatoms. The van der Waals surface area contributed by atoms with Crippen molar-refractivity contribution in [1.29, 1.82) is 0 Å². The van der Waals surface area contributed by atoms with Crippen LogP contribution in [-0.4, -0.2) is 46.0 Å². The fourth-order valence-corrected chi connectivity index (χ4v) is 2.86. The first-order valence-corrected chi connectivity index (χ1v) is 6.45. The molecule has 0 spiro atoms. The molecule has 1 aromatic heterocycles. The summed E-state index contributed by atoms with van der Waals surface area (Å²) < 4.78 is 7.09. The van der Waals surface area contributed by atoms with Crippen LogP contribution >= 0.6 is 0 Å². The number of carboxylic acid groups (broad SMARTS) is 1. The number of nitrogens with zero attached hydrogens (tertiary/aromatic N) is 3. The van der Waals surface area contributed by atoms with E-state index in [-0.39, 0.29) is 11.8 Å². The summed E-state index contributed by atoms with van der Waals surface area (Å²) in [6.07, 6.45) is 0. The zero-order valence-electron chi connectivity index (χ0n) is 11.9. The molecule has 1 aliphatic heterocycles. The van der Waals surface area contributed by atoms with Crippen LogP contribution < -0.4 is 4.74 Å². The van der Waals surface area contributed by atoms with E-state index in [0.717, 1.165) is 23.7 Å². The molecule has 1 N–H and O–H groups in total. The number of methoxy groups -OCH3 is 1. The minimum atomic E-state index is -0.704. The van der Waals surface area contributed by atoms with E-state index in [0.29, 0.717) is 13.1 Å². The summed E-state index contributed by atoms with van der Waals surface area (Å²) in [5, 5.41) is 13.5. The van der Waals surface area contributed by atoms with Crippen LogP contribution in [0.5, 0.6) is 5.88 Å². The zero-order chi connectivity index (χ0) is 14.2. The maximum Gasteiger partial charge on any atom is 0.308 e. The Bertz CT molecular complexity index is 484. The second kappa shape index (κ2) is 5.21. The smallest absolute Gasteiger partial charge is 0.308 e. The number of aryl methyl sites for hydroxylation is 2. The Morgan fingerprint density at radius 2 is 2.21 bits per heavy atom. The SMILES string of the molecule is COc1c(CN2C[C@@H](C)[C@H](C(=O)O)C2)c(C)nn1C. The lowest BCUT2D eigenvalue weighted by Gasteiger charge is -2.15. The van der Waals surface area contributed by atoms with Crippen LogP contribution in [0.1, 0.15) is 18.2 Å². The third-order valence-corrected chi connectivity index (χ3v) is 3.87. The first-order valence-electron chi connectivity index (χ1n) is 6.45. The Labute approximate surface area is 113 Å². The number of hydrogen-bond acceptors (Lipinski definition) is 4. The highest BCUT2D eigenvalue weighted by Gasteiger charge is 2.35. The third kappa shape index (κ3) is 2.58. The fraction of sp³-hybridized carbons (Fsp3) is 0.692. The van der Waals surface area contributed by atoms with Gasteiger partial charge in [-0.3, -0.25) is 9.69 Å². The molecule has 0 radical (unpaired) electrons. The number of likely N-dealkylation sites (tertiary alicyclic amines) is 1. The van der Waals surface area contributed by atoms with Crippen LogP contribution in [0.15, 0.2) is 0 Å². The fourth-order valence-electron chi connectivity index (χ4n) is 2.86. The van der Waals surface area contributed by atoms with Crippen molar-refractivity contribution in [3.63, 3.8) is 0 Å². The summed E-state index contributed by atoms with van der Waals surface area (Å²) in [4.78, 5) is 13.3. The van der Waals surface area contributed by atoms with E-state index < -0.39 is 5.97 Å². The molecular formula is C13H21N3O3. The Balaban J connectivity index is 2.13. The van der Waals surface area contributed by atoms with Gasteiger partial charge in [0, 0.05) is 26.7 Å². The summed E-state index contributed by atoms with van der Waals surface area (Å²) in [5.41, 5.74) is 1.98. The minimum Gasteiger partial charge on any atom is -0.481 e. The maximum atomic E-state index is 11.1. The molecule has 1 aromatic rings. The molecule has 0 aliphatic carbocycles. The molecule has 19 heavy (non-hydrogen) atoms. The van der Waals surface area contributed by atoms with Gasteiger partial charge in [0.15, 0.2) is 0 Å². The monoisotopic (exact) mass is 267 g/mol. The van der Waals surface area contributed by atoms with Crippen molar-refractivity contribution in [2.75, 3.05) is 20.2 Å². The maximum absolute atomic E-state index is 11.1. The Morgan fingerprint density at radius 1 is 1.53 bits per heavy atom. The first-order chi connectivity index (χ1) is 8.93. The van der Waals surface area contributed by atoms with E-state index in [4.69, 9.17) is 9.84 Å². The van der Waals surface area contributed by atoms with Crippen LogP contribution in [0, 0.1) is 18.8 Å². The molecule has 6 nitrogen and oxygen atoms in total. The summed E-state index contributed by atoms with van der Waals surface area (Å²) in [6.45, 7) is 6.03. The van der Waals surface area contributed by atoms with Crippen molar-refractivity contribution >= 4 is 5.97 Å². The summed E-state index contributed by atoms with van der Waals surface area (Å²) in [6, 6.07) is 0. The summed E-state index contributed by atoms with van der Waals surface area (Å²) >= 11 is 0. The molecule has 0 aromatic carbocycles. The molecule has 0 bridgehead atoms. The van der Waals surface area contributed by atoms with Gasteiger partial charge >= 0.3 is 5.97 Å². The van der Waals surface area contributed by atoms with Crippen LogP contribution in [0.2, 0.25) is 0 Å². The van der Waals surface area contributed by atoms with Gasteiger partial charge in [-0.1, -0.05) is 6.92 Å². The second-order valence-electron chi connectivity index (χ2n) is 5.31. The average Bonchev–Trinajstić information content (AvgIpc) is 2.81. The van der Waals surface area contributed by atoms with Crippen LogP contribution in [0.25, 0.3) is 0 Å². The quantitative estimate of drug-likeness (QED) is 0.877. The highest BCUT2D eigenvalue weighted by Crippen LogP contribution is 2.28. The molecular weight excluding hydrogens is 246 g/mol. The van der Waals surface area contributed by atoms with Crippen molar-refractivity contribution in [2.45, 2.75) is 20.4 Å². The Kier molecular flexibility index (Phi) is 3.80. The Hall–Kier alpha value is -1.56. The predicted octanol–water partition coefficient (Wildman–Crippen LogP) is 0.890. The van der Waals surface area contributed by atoms with Crippen molar-refractivity contribution in [3.8, 4) is 5.88 Å². The molecule has 2 heterocycles. The number of carbonyl (C=O) groups is 1. The largest absolute Gasteiger partial charge is 0.481 e. The minimum absolute atomic E-state index is 0.181. The number of rotatable bonds is 4. The normalized spacial score (nSPS) is 23.8. The van der Waals surface area contributed by atoms with Gasteiger partial charge in [0.05, 0.1) is 24.3 Å². The molecule has 1 aliphatic rings. The van der Waals surface area contributed by atoms with Crippen molar-refractivity contribution in [1.82, 2.24) is 14.7 Å². The number of aromatic nitrogens is 2. The summed E-state index contributed by atoms with van der Waals surface area (Å²) in [5.74, 6) is -0.0442. The second-order valence-corrected chi connectivity index (χ2v) is 5.31. The molecule has 1 fully saturated rings. The summed E-state index contributed by atoms with van der Waals surface area (Å²) in [7, 11) is 3.48. The van der Waals surface area contributed by atoms with E-state index in [1.807, 2.05) is 20.9 Å². The van der Waals surface area contributed by atoms with Gasteiger partial charge in [0.1, 0.15) is 0 Å². The van der Waals surface area contributed by atoms with Gasteiger partial charge in [-0.25, -0.2) is 4.68 Å². The van der Waals surface area contributed by atoms with Gasteiger partial charge in [-0.2, -0.15) is 5.10 Å². The van der Waals surface area contributed by atoms with Gasteiger partial charge in [0.2, 0.25) is 5.88 Å². The zero-order valence-corrected chi connectivity index (χ0v) is 11.9. The standard InChI is InChI=1S/C13H21N3O3/c1-8-5-16(6-10(8)13(17)18)7-11-9(2)14-15(3)12(11)19-4/h8,10H,5-7H2,1-4H3,(H,17,18)/t8-,10-/m1/s1. The third-order valence-electron chi connectivity index (χ3n) is 3.87. The lowest BCUT2D eigenvalue weighted by Crippen LogP contribution is -2.23. The lowest BCUT2D eigenvalue weighted by atomic mass is 9.99. The van der Waals surface area contributed by atoms with Crippen LogP contribution in [0.3, 0.4) is 0 Å².